The van der Waals surface area contributed by atoms with Gasteiger partial charge in [0.25, 0.3) is 0 Å². The Morgan fingerprint density at radius 2 is 1.62 bits per heavy atom. The molecule has 0 atom stereocenters. The summed E-state index contributed by atoms with van der Waals surface area (Å²) in [7, 11) is 0. The summed E-state index contributed by atoms with van der Waals surface area (Å²) in [6.07, 6.45) is 5.33. The Bertz CT molecular complexity index is 115. The molecular weight excluding hydrogens is 162 g/mol. The van der Waals surface area contributed by atoms with Crippen molar-refractivity contribution in [1.82, 2.24) is 4.90 Å². The fourth-order valence-electron chi connectivity index (χ4n) is 2.12. The molecule has 0 radical (unpaired) electrons. The molecule has 0 aromatic carbocycles. The smallest absolute Gasteiger partial charge is 0.0594 e. The quantitative estimate of drug-likeness (QED) is 0.651. The van der Waals surface area contributed by atoms with Gasteiger partial charge in [-0.3, -0.25) is 4.90 Å². The molecule has 0 amide bonds. The van der Waals surface area contributed by atoms with E-state index in [4.69, 9.17) is 4.74 Å². The van der Waals surface area contributed by atoms with Crippen molar-refractivity contribution in [3.8, 4) is 0 Å². The zero-order chi connectivity index (χ0) is 9.52. The van der Waals surface area contributed by atoms with Crippen LogP contribution in [0.4, 0.5) is 0 Å². The number of ether oxygens (including phenoxy) is 1. The van der Waals surface area contributed by atoms with Crippen molar-refractivity contribution in [2.75, 3.05) is 26.3 Å². The monoisotopic (exact) mass is 185 g/mol. The molecule has 0 aliphatic carbocycles. The second kappa shape index (κ2) is 6.39. The zero-order valence-electron chi connectivity index (χ0n) is 9.09. The fraction of sp³-hybridized carbons (Fsp3) is 1.00. The second-order valence-corrected chi connectivity index (χ2v) is 3.88. The van der Waals surface area contributed by atoms with Gasteiger partial charge < -0.3 is 4.74 Å². The summed E-state index contributed by atoms with van der Waals surface area (Å²) in [6.45, 7) is 8.72. The highest BCUT2D eigenvalue weighted by molar-refractivity contribution is 4.73. The normalized spacial score (nSPS) is 19.6. The van der Waals surface area contributed by atoms with Crippen LogP contribution in [-0.4, -0.2) is 37.2 Å². The van der Waals surface area contributed by atoms with Gasteiger partial charge in [-0.15, -0.1) is 0 Å². The average molecular weight is 185 g/mol. The molecular formula is C11H23NO. The summed E-state index contributed by atoms with van der Waals surface area (Å²) in [5.41, 5.74) is 0. The van der Waals surface area contributed by atoms with Gasteiger partial charge in [0.2, 0.25) is 0 Å². The van der Waals surface area contributed by atoms with Crippen LogP contribution in [0.2, 0.25) is 0 Å². The molecule has 0 aromatic heterocycles. The van der Waals surface area contributed by atoms with Crippen LogP contribution < -0.4 is 0 Å². The number of hydrogen-bond acceptors (Lipinski definition) is 2. The molecule has 0 spiro atoms. The summed E-state index contributed by atoms with van der Waals surface area (Å²) < 4.78 is 5.36. The van der Waals surface area contributed by atoms with Gasteiger partial charge in [0.1, 0.15) is 0 Å². The average Bonchev–Trinajstić information content (AvgIpc) is 2.19. The first-order valence-corrected chi connectivity index (χ1v) is 5.70. The van der Waals surface area contributed by atoms with Crippen LogP contribution in [0.3, 0.4) is 0 Å². The summed E-state index contributed by atoms with van der Waals surface area (Å²) in [4.78, 5) is 2.61. The molecule has 1 heterocycles. The third-order valence-corrected chi connectivity index (χ3v) is 2.81. The van der Waals surface area contributed by atoms with Crippen LogP contribution in [0, 0.1) is 0 Å². The number of hydrogen-bond donors (Lipinski definition) is 0. The Hall–Kier alpha value is -0.0800. The SMILES string of the molecule is CCCC(CCC)N1CCOCC1. The van der Waals surface area contributed by atoms with Crippen molar-refractivity contribution < 1.29 is 4.74 Å². The first-order chi connectivity index (χ1) is 6.38. The van der Waals surface area contributed by atoms with E-state index in [9.17, 15) is 0 Å². The van der Waals surface area contributed by atoms with Crippen molar-refractivity contribution in [3.63, 3.8) is 0 Å². The number of rotatable bonds is 5. The van der Waals surface area contributed by atoms with Crippen molar-refractivity contribution >= 4 is 0 Å². The van der Waals surface area contributed by atoms with Crippen LogP contribution in [0.15, 0.2) is 0 Å². The van der Waals surface area contributed by atoms with Crippen molar-refractivity contribution in [2.45, 2.75) is 45.6 Å². The topological polar surface area (TPSA) is 12.5 Å². The molecule has 2 nitrogen and oxygen atoms in total. The lowest BCUT2D eigenvalue weighted by Gasteiger charge is -2.34. The maximum atomic E-state index is 5.36. The van der Waals surface area contributed by atoms with E-state index in [0.29, 0.717) is 0 Å². The van der Waals surface area contributed by atoms with Crippen LogP contribution in [0.25, 0.3) is 0 Å². The van der Waals surface area contributed by atoms with Gasteiger partial charge in [0.15, 0.2) is 0 Å². The van der Waals surface area contributed by atoms with Gasteiger partial charge >= 0.3 is 0 Å². The van der Waals surface area contributed by atoms with Gasteiger partial charge in [0, 0.05) is 19.1 Å². The maximum Gasteiger partial charge on any atom is 0.0594 e. The first-order valence-electron chi connectivity index (χ1n) is 5.70. The molecule has 0 bridgehead atoms. The minimum atomic E-state index is 0.818. The Labute approximate surface area is 82.3 Å². The van der Waals surface area contributed by atoms with E-state index in [-0.39, 0.29) is 0 Å². The van der Waals surface area contributed by atoms with Crippen LogP contribution >= 0.6 is 0 Å². The van der Waals surface area contributed by atoms with Gasteiger partial charge in [-0.2, -0.15) is 0 Å². The van der Waals surface area contributed by atoms with Crippen molar-refractivity contribution in [1.29, 1.82) is 0 Å². The van der Waals surface area contributed by atoms with Crippen molar-refractivity contribution in [3.05, 3.63) is 0 Å². The third-order valence-electron chi connectivity index (χ3n) is 2.81. The highest BCUT2D eigenvalue weighted by Gasteiger charge is 2.18. The predicted molar refractivity (Wildman–Crippen MR) is 56.0 cm³/mol. The van der Waals surface area contributed by atoms with E-state index < -0.39 is 0 Å². The standard InChI is InChI=1S/C11H23NO/c1-3-5-11(6-4-2)12-7-9-13-10-8-12/h11H,3-10H2,1-2H3. The summed E-state index contributed by atoms with van der Waals surface area (Å²) >= 11 is 0. The third kappa shape index (κ3) is 3.65. The molecule has 1 rings (SSSR count). The van der Waals surface area contributed by atoms with E-state index in [2.05, 4.69) is 18.7 Å². The highest BCUT2D eigenvalue weighted by atomic mass is 16.5. The lowest BCUT2D eigenvalue weighted by molar-refractivity contribution is 0.0126. The van der Waals surface area contributed by atoms with E-state index >= 15 is 0 Å². The first kappa shape index (κ1) is 11.0. The molecule has 1 aliphatic heterocycles. The Morgan fingerprint density at radius 1 is 1.08 bits per heavy atom. The van der Waals surface area contributed by atoms with Gasteiger partial charge in [0.05, 0.1) is 13.2 Å². The molecule has 13 heavy (non-hydrogen) atoms. The molecule has 0 N–H and O–H groups in total. The summed E-state index contributed by atoms with van der Waals surface area (Å²) in [5, 5.41) is 0. The largest absolute Gasteiger partial charge is 0.379 e. The van der Waals surface area contributed by atoms with Crippen LogP contribution in [0.1, 0.15) is 39.5 Å². The van der Waals surface area contributed by atoms with Crippen LogP contribution in [-0.2, 0) is 4.74 Å². The molecule has 0 unspecified atom stereocenters. The van der Waals surface area contributed by atoms with Gasteiger partial charge in [-0.05, 0) is 12.8 Å². The Morgan fingerprint density at radius 3 is 2.08 bits per heavy atom. The lowest BCUT2D eigenvalue weighted by Crippen LogP contribution is -2.43. The van der Waals surface area contributed by atoms with E-state index in [1.54, 1.807) is 0 Å². The second-order valence-electron chi connectivity index (χ2n) is 3.88. The Balaban J connectivity index is 2.32. The van der Waals surface area contributed by atoms with Crippen LogP contribution in [0.5, 0.6) is 0 Å². The number of nitrogens with zero attached hydrogens (tertiary/aromatic N) is 1. The van der Waals surface area contributed by atoms with Gasteiger partial charge in [-0.25, -0.2) is 0 Å². The van der Waals surface area contributed by atoms with E-state index in [0.717, 1.165) is 32.3 Å². The minimum Gasteiger partial charge on any atom is -0.379 e. The van der Waals surface area contributed by atoms with E-state index in [1.807, 2.05) is 0 Å². The Kier molecular flexibility index (Phi) is 5.40. The molecule has 2 heteroatoms. The fourth-order valence-corrected chi connectivity index (χ4v) is 2.12. The molecule has 1 aliphatic rings. The molecule has 0 saturated carbocycles. The van der Waals surface area contributed by atoms with E-state index in [1.165, 1.54) is 25.7 Å². The molecule has 1 fully saturated rings. The predicted octanol–water partition coefficient (Wildman–Crippen LogP) is 2.29. The lowest BCUT2D eigenvalue weighted by atomic mass is 10.0. The maximum absolute atomic E-state index is 5.36. The minimum absolute atomic E-state index is 0.818. The summed E-state index contributed by atoms with van der Waals surface area (Å²) in [6, 6.07) is 0.818. The summed E-state index contributed by atoms with van der Waals surface area (Å²) in [5.74, 6) is 0. The highest BCUT2D eigenvalue weighted by Crippen LogP contribution is 2.14. The number of morpholine rings is 1. The zero-order valence-corrected chi connectivity index (χ0v) is 9.09. The molecule has 78 valence electrons. The van der Waals surface area contributed by atoms with Crippen molar-refractivity contribution in [2.24, 2.45) is 0 Å². The van der Waals surface area contributed by atoms with Gasteiger partial charge in [-0.1, -0.05) is 26.7 Å². The molecule has 0 aromatic rings. The molecule has 1 saturated heterocycles.